The van der Waals surface area contributed by atoms with Crippen LogP contribution in [0.2, 0.25) is 0 Å². The predicted octanol–water partition coefficient (Wildman–Crippen LogP) is 0.126. The van der Waals surface area contributed by atoms with E-state index in [0.29, 0.717) is 16.9 Å². The van der Waals surface area contributed by atoms with Gasteiger partial charge in [-0.15, -0.1) is 0 Å². The molecule has 19 heavy (non-hydrogen) atoms. The fourth-order valence-electron chi connectivity index (χ4n) is 1.52. The molecule has 1 aromatic carbocycles. The summed E-state index contributed by atoms with van der Waals surface area (Å²) in [6, 6.07) is 4.88. The molecule has 5 N–H and O–H groups in total. The molecule has 0 saturated heterocycles. The lowest BCUT2D eigenvalue weighted by Gasteiger charge is -2.28. The second-order valence-corrected chi connectivity index (χ2v) is 5.00. The number of rotatable bonds is 5. The average molecular weight is 267 g/mol. The first kappa shape index (κ1) is 15.3. The number of aliphatic hydroxyl groups is 2. The molecule has 106 valence electrons. The molecular formula is C13H21N3O3. The maximum atomic E-state index is 11.8. The second kappa shape index (κ2) is 5.90. The summed E-state index contributed by atoms with van der Waals surface area (Å²) in [6.45, 7) is 1.20. The van der Waals surface area contributed by atoms with Crippen LogP contribution >= 0.6 is 0 Å². The molecule has 0 radical (unpaired) electrons. The standard InChI is InChI=1S/C13H21N3O3/c1-13(7-17,8-18)15-11-5-4-9(6-10(11)14)12(19)16(2)3/h4-6,15,17-18H,7-8,14H2,1-3H3. The molecule has 0 unspecified atom stereocenters. The summed E-state index contributed by atoms with van der Waals surface area (Å²) < 4.78 is 0. The van der Waals surface area contributed by atoms with E-state index in [4.69, 9.17) is 5.73 Å². The zero-order valence-corrected chi connectivity index (χ0v) is 11.5. The Labute approximate surface area is 112 Å². The van der Waals surface area contributed by atoms with Gasteiger partial charge < -0.3 is 26.2 Å². The number of carbonyl (C=O) groups excluding carboxylic acids is 1. The van der Waals surface area contributed by atoms with E-state index in [2.05, 4.69) is 5.32 Å². The first-order valence-electron chi connectivity index (χ1n) is 5.94. The van der Waals surface area contributed by atoms with E-state index in [1.165, 1.54) is 4.90 Å². The predicted molar refractivity (Wildman–Crippen MR) is 75.1 cm³/mol. The van der Waals surface area contributed by atoms with Crippen molar-refractivity contribution in [1.82, 2.24) is 4.90 Å². The lowest BCUT2D eigenvalue weighted by molar-refractivity contribution is 0.0827. The Morgan fingerprint density at radius 1 is 1.37 bits per heavy atom. The smallest absolute Gasteiger partial charge is 0.253 e. The lowest BCUT2D eigenvalue weighted by atomic mass is 10.0. The zero-order chi connectivity index (χ0) is 14.6. The number of anilines is 2. The zero-order valence-electron chi connectivity index (χ0n) is 11.5. The normalized spacial score (nSPS) is 11.2. The number of nitrogen functional groups attached to an aromatic ring is 1. The summed E-state index contributed by atoms with van der Waals surface area (Å²) >= 11 is 0. The minimum Gasteiger partial charge on any atom is -0.397 e. The Morgan fingerprint density at radius 2 is 1.95 bits per heavy atom. The third-order valence-corrected chi connectivity index (χ3v) is 2.84. The van der Waals surface area contributed by atoms with Crippen LogP contribution in [0.25, 0.3) is 0 Å². The summed E-state index contributed by atoms with van der Waals surface area (Å²) in [6.07, 6.45) is 0. The monoisotopic (exact) mass is 267 g/mol. The highest BCUT2D eigenvalue weighted by molar-refractivity contribution is 5.95. The first-order chi connectivity index (χ1) is 8.83. The molecule has 0 saturated carbocycles. The van der Waals surface area contributed by atoms with Crippen molar-refractivity contribution in [2.45, 2.75) is 12.5 Å². The van der Waals surface area contributed by atoms with Crippen molar-refractivity contribution in [3.8, 4) is 0 Å². The number of hydrogen-bond acceptors (Lipinski definition) is 5. The Bertz CT molecular complexity index is 456. The summed E-state index contributed by atoms with van der Waals surface area (Å²) in [5.74, 6) is -0.134. The van der Waals surface area contributed by atoms with Crippen molar-refractivity contribution in [3.63, 3.8) is 0 Å². The maximum Gasteiger partial charge on any atom is 0.253 e. The number of hydrogen-bond donors (Lipinski definition) is 4. The molecule has 1 aromatic rings. The number of aliphatic hydroxyl groups excluding tert-OH is 2. The number of nitrogens with zero attached hydrogens (tertiary/aromatic N) is 1. The average Bonchev–Trinajstić information content (AvgIpc) is 2.40. The second-order valence-electron chi connectivity index (χ2n) is 5.00. The van der Waals surface area contributed by atoms with Crippen LogP contribution in [0, 0.1) is 0 Å². The molecule has 0 aliphatic heterocycles. The van der Waals surface area contributed by atoms with E-state index >= 15 is 0 Å². The Balaban J connectivity index is 2.98. The molecule has 1 rings (SSSR count). The fourth-order valence-corrected chi connectivity index (χ4v) is 1.52. The summed E-state index contributed by atoms with van der Waals surface area (Å²) in [7, 11) is 3.33. The molecule has 6 heteroatoms. The Morgan fingerprint density at radius 3 is 2.37 bits per heavy atom. The van der Waals surface area contributed by atoms with Crippen molar-refractivity contribution < 1.29 is 15.0 Å². The summed E-state index contributed by atoms with van der Waals surface area (Å²) in [5, 5.41) is 21.4. The van der Waals surface area contributed by atoms with E-state index < -0.39 is 5.54 Å². The van der Waals surface area contributed by atoms with Gasteiger partial charge in [0.05, 0.1) is 30.1 Å². The number of amides is 1. The van der Waals surface area contributed by atoms with Gasteiger partial charge in [0.1, 0.15) is 0 Å². The van der Waals surface area contributed by atoms with E-state index in [-0.39, 0.29) is 19.1 Å². The van der Waals surface area contributed by atoms with Crippen LogP contribution in [0.15, 0.2) is 18.2 Å². The molecule has 0 spiro atoms. The van der Waals surface area contributed by atoms with Crippen LogP contribution in [-0.2, 0) is 0 Å². The highest BCUT2D eigenvalue weighted by Crippen LogP contribution is 2.24. The molecule has 0 fully saturated rings. The van der Waals surface area contributed by atoms with Gasteiger partial charge in [-0.05, 0) is 25.1 Å². The van der Waals surface area contributed by atoms with Gasteiger partial charge in [-0.1, -0.05) is 0 Å². The summed E-state index contributed by atoms with van der Waals surface area (Å²) in [5.41, 5.74) is 6.47. The molecule has 0 bridgehead atoms. The van der Waals surface area contributed by atoms with E-state index in [9.17, 15) is 15.0 Å². The molecular weight excluding hydrogens is 246 g/mol. The van der Waals surface area contributed by atoms with Crippen LogP contribution in [0.5, 0.6) is 0 Å². The van der Waals surface area contributed by atoms with Crippen molar-refractivity contribution in [3.05, 3.63) is 23.8 Å². The lowest BCUT2D eigenvalue weighted by Crippen LogP contribution is -2.42. The largest absolute Gasteiger partial charge is 0.397 e. The molecule has 0 atom stereocenters. The molecule has 0 aliphatic carbocycles. The topological polar surface area (TPSA) is 98.8 Å². The van der Waals surface area contributed by atoms with Crippen molar-refractivity contribution in [2.24, 2.45) is 0 Å². The molecule has 6 nitrogen and oxygen atoms in total. The summed E-state index contributed by atoms with van der Waals surface area (Å²) in [4.78, 5) is 13.2. The SMILES string of the molecule is CN(C)C(=O)c1ccc(NC(C)(CO)CO)c(N)c1. The van der Waals surface area contributed by atoms with E-state index in [1.54, 1.807) is 39.2 Å². The van der Waals surface area contributed by atoms with Gasteiger partial charge in [-0.3, -0.25) is 4.79 Å². The molecule has 0 aliphatic rings. The van der Waals surface area contributed by atoms with Crippen LogP contribution < -0.4 is 11.1 Å². The quantitative estimate of drug-likeness (QED) is 0.568. The minimum absolute atomic E-state index is 0.134. The number of nitrogens with one attached hydrogen (secondary N) is 1. The van der Waals surface area contributed by atoms with Crippen molar-refractivity contribution in [1.29, 1.82) is 0 Å². The number of nitrogens with two attached hydrogens (primary N) is 1. The van der Waals surface area contributed by atoms with Gasteiger partial charge in [-0.25, -0.2) is 0 Å². The highest BCUT2D eigenvalue weighted by Gasteiger charge is 2.23. The minimum atomic E-state index is -0.860. The van der Waals surface area contributed by atoms with Gasteiger partial charge in [0, 0.05) is 19.7 Å². The van der Waals surface area contributed by atoms with Gasteiger partial charge >= 0.3 is 0 Å². The third-order valence-electron chi connectivity index (χ3n) is 2.84. The van der Waals surface area contributed by atoms with Gasteiger partial charge in [0.15, 0.2) is 0 Å². The van der Waals surface area contributed by atoms with Crippen molar-refractivity contribution >= 4 is 17.3 Å². The van der Waals surface area contributed by atoms with Crippen LogP contribution in [-0.4, -0.2) is 53.9 Å². The van der Waals surface area contributed by atoms with E-state index in [1.807, 2.05) is 0 Å². The van der Waals surface area contributed by atoms with Crippen LogP contribution in [0.4, 0.5) is 11.4 Å². The third kappa shape index (κ3) is 3.59. The number of benzene rings is 1. The van der Waals surface area contributed by atoms with E-state index in [0.717, 1.165) is 0 Å². The van der Waals surface area contributed by atoms with Crippen LogP contribution in [0.1, 0.15) is 17.3 Å². The van der Waals surface area contributed by atoms with Gasteiger partial charge in [-0.2, -0.15) is 0 Å². The number of carbonyl (C=O) groups is 1. The fraction of sp³-hybridized carbons (Fsp3) is 0.462. The maximum absolute atomic E-state index is 11.8. The highest BCUT2D eigenvalue weighted by atomic mass is 16.3. The Hall–Kier alpha value is -1.79. The van der Waals surface area contributed by atoms with Gasteiger partial charge in [0.25, 0.3) is 5.91 Å². The van der Waals surface area contributed by atoms with Gasteiger partial charge in [0.2, 0.25) is 0 Å². The Kier molecular flexibility index (Phi) is 4.74. The molecule has 0 heterocycles. The first-order valence-corrected chi connectivity index (χ1v) is 5.94. The van der Waals surface area contributed by atoms with Crippen LogP contribution in [0.3, 0.4) is 0 Å². The molecule has 0 aromatic heterocycles. The van der Waals surface area contributed by atoms with Crippen molar-refractivity contribution in [2.75, 3.05) is 38.4 Å². The molecule has 1 amide bonds.